The summed E-state index contributed by atoms with van der Waals surface area (Å²) in [6, 6.07) is 5.84. The van der Waals surface area contributed by atoms with Gasteiger partial charge in [-0.25, -0.2) is 0 Å². The molecule has 1 fully saturated rings. The Hall–Kier alpha value is 0.0500. The SMILES string of the molecule is C[C@@H]1CNCC[C@@H]1c1ccc(Cl)cc1Cl.Cl. The fourth-order valence-corrected chi connectivity index (χ4v) is 2.83. The lowest BCUT2D eigenvalue weighted by Gasteiger charge is -2.30. The van der Waals surface area contributed by atoms with Crippen LogP contribution in [0.5, 0.6) is 0 Å². The van der Waals surface area contributed by atoms with Crippen molar-refractivity contribution >= 4 is 35.6 Å². The molecule has 1 heterocycles. The summed E-state index contributed by atoms with van der Waals surface area (Å²) in [5.41, 5.74) is 1.25. The van der Waals surface area contributed by atoms with E-state index in [1.54, 1.807) is 0 Å². The van der Waals surface area contributed by atoms with Crippen molar-refractivity contribution in [2.45, 2.75) is 19.3 Å². The average Bonchev–Trinajstić information content (AvgIpc) is 2.20. The molecule has 1 aliphatic rings. The molecule has 1 aliphatic heterocycles. The lowest BCUT2D eigenvalue weighted by molar-refractivity contribution is 0.349. The van der Waals surface area contributed by atoms with E-state index in [0.717, 1.165) is 24.5 Å². The highest BCUT2D eigenvalue weighted by molar-refractivity contribution is 6.35. The Morgan fingerprint density at radius 3 is 2.69 bits per heavy atom. The van der Waals surface area contributed by atoms with E-state index in [4.69, 9.17) is 23.2 Å². The Morgan fingerprint density at radius 2 is 2.06 bits per heavy atom. The maximum absolute atomic E-state index is 6.22. The van der Waals surface area contributed by atoms with Gasteiger partial charge in [0.2, 0.25) is 0 Å². The van der Waals surface area contributed by atoms with Crippen molar-refractivity contribution in [3.8, 4) is 0 Å². The zero-order valence-electron chi connectivity index (χ0n) is 9.17. The number of benzene rings is 1. The molecule has 1 aromatic carbocycles. The van der Waals surface area contributed by atoms with Crippen molar-refractivity contribution in [2.24, 2.45) is 5.92 Å². The third-order valence-electron chi connectivity index (χ3n) is 3.15. The summed E-state index contributed by atoms with van der Waals surface area (Å²) in [6.45, 7) is 4.42. The number of piperidine rings is 1. The van der Waals surface area contributed by atoms with Crippen molar-refractivity contribution in [3.05, 3.63) is 33.8 Å². The van der Waals surface area contributed by atoms with Crippen LogP contribution in [0.25, 0.3) is 0 Å². The van der Waals surface area contributed by atoms with Gasteiger partial charge in [-0.15, -0.1) is 12.4 Å². The first-order valence-electron chi connectivity index (χ1n) is 5.34. The second-order valence-corrected chi connectivity index (χ2v) is 5.09. The fraction of sp³-hybridized carbons (Fsp3) is 0.500. The smallest absolute Gasteiger partial charge is 0.0455 e. The highest BCUT2D eigenvalue weighted by atomic mass is 35.5. The van der Waals surface area contributed by atoms with Gasteiger partial charge in [0.25, 0.3) is 0 Å². The van der Waals surface area contributed by atoms with Gasteiger partial charge in [-0.1, -0.05) is 36.2 Å². The summed E-state index contributed by atoms with van der Waals surface area (Å²) in [4.78, 5) is 0. The predicted molar refractivity (Wildman–Crippen MR) is 73.1 cm³/mol. The van der Waals surface area contributed by atoms with Gasteiger partial charge in [0.05, 0.1) is 0 Å². The number of halogens is 3. The van der Waals surface area contributed by atoms with Crippen LogP contribution in [0.1, 0.15) is 24.8 Å². The van der Waals surface area contributed by atoms with Gasteiger partial charge < -0.3 is 5.32 Å². The average molecular weight is 281 g/mol. The Kier molecular flexibility index (Phi) is 5.39. The van der Waals surface area contributed by atoms with Gasteiger partial charge in [0.1, 0.15) is 0 Å². The summed E-state index contributed by atoms with van der Waals surface area (Å²) < 4.78 is 0. The van der Waals surface area contributed by atoms with Crippen molar-refractivity contribution in [3.63, 3.8) is 0 Å². The second kappa shape index (κ2) is 6.11. The predicted octanol–water partition coefficient (Wildman–Crippen LogP) is 4.13. The van der Waals surface area contributed by atoms with Gasteiger partial charge in [0, 0.05) is 10.0 Å². The second-order valence-electron chi connectivity index (χ2n) is 4.24. The lowest BCUT2D eigenvalue weighted by atomic mass is 9.82. The highest BCUT2D eigenvalue weighted by Gasteiger charge is 2.24. The first-order valence-corrected chi connectivity index (χ1v) is 6.09. The number of nitrogens with one attached hydrogen (secondary N) is 1. The van der Waals surface area contributed by atoms with E-state index in [2.05, 4.69) is 18.3 Å². The standard InChI is InChI=1S/C12H15Cl2N.ClH/c1-8-7-15-5-4-10(8)11-3-2-9(13)6-12(11)14;/h2-3,6,8,10,15H,4-5,7H2,1H3;1H/t8-,10+;/m1./s1. The molecule has 2 atom stereocenters. The summed E-state index contributed by atoms with van der Waals surface area (Å²) in [6.07, 6.45) is 1.16. The number of hydrogen-bond acceptors (Lipinski definition) is 1. The molecule has 90 valence electrons. The molecule has 0 saturated carbocycles. The Labute approximate surface area is 113 Å². The van der Waals surface area contributed by atoms with E-state index >= 15 is 0 Å². The van der Waals surface area contributed by atoms with Crippen LogP contribution in [0.4, 0.5) is 0 Å². The van der Waals surface area contributed by atoms with Crippen LogP contribution in [0.15, 0.2) is 18.2 Å². The molecular formula is C12H16Cl3N. The maximum Gasteiger partial charge on any atom is 0.0455 e. The molecule has 0 spiro atoms. The van der Waals surface area contributed by atoms with Crippen molar-refractivity contribution < 1.29 is 0 Å². The largest absolute Gasteiger partial charge is 0.316 e. The van der Waals surface area contributed by atoms with Crippen molar-refractivity contribution in [2.75, 3.05) is 13.1 Å². The summed E-state index contributed by atoms with van der Waals surface area (Å²) >= 11 is 12.1. The molecule has 0 radical (unpaired) electrons. The van der Waals surface area contributed by atoms with Crippen LogP contribution >= 0.6 is 35.6 Å². The van der Waals surface area contributed by atoms with Crippen LogP contribution in [-0.2, 0) is 0 Å². The van der Waals surface area contributed by atoms with Crippen LogP contribution in [0.3, 0.4) is 0 Å². The molecule has 16 heavy (non-hydrogen) atoms. The molecule has 0 bridgehead atoms. The van der Waals surface area contributed by atoms with Gasteiger partial charge in [-0.2, -0.15) is 0 Å². The van der Waals surface area contributed by atoms with Crippen LogP contribution in [0.2, 0.25) is 10.0 Å². The van der Waals surface area contributed by atoms with E-state index < -0.39 is 0 Å². The van der Waals surface area contributed by atoms with Crippen LogP contribution in [-0.4, -0.2) is 13.1 Å². The zero-order chi connectivity index (χ0) is 10.8. The molecule has 0 aromatic heterocycles. The molecular weight excluding hydrogens is 264 g/mol. The van der Waals surface area contributed by atoms with Gasteiger partial charge in [-0.3, -0.25) is 0 Å². The summed E-state index contributed by atoms with van der Waals surface area (Å²) in [5, 5.41) is 4.92. The van der Waals surface area contributed by atoms with E-state index in [-0.39, 0.29) is 12.4 Å². The normalized spacial score (nSPS) is 24.9. The van der Waals surface area contributed by atoms with Crippen LogP contribution in [0, 0.1) is 5.92 Å². The van der Waals surface area contributed by atoms with Gasteiger partial charge in [0.15, 0.2) is 0 Å². The summed E-state index contributed by atoms with van der Waals surface area (Å²) in [5.74, 6) is 1.20. The van der Waals surface area contributed by atoms with Crippen molar-refractivity contribution in [1.29, 1.82) is 0 Å². The van der Waals surface area contributed by atoms with Crippen LogP contribution < -0.4 is 5.32 Å². The molecule has 0 amide bonds. The minimum atomic E-state index is 0. The number of rotatable bonds is 1. The first kappa shape index (κ1) is 14.1. The molecule has 1 aromatic rings. The number of hydrogen-bond donors (Lipinski definition) is 1. The van der Waals surface area contributed by atoms with E-state index in [9.17, 15) is 0 Å². The van der Waals surface area contributed by atoms with E-state index in [1.165, 1.54) is 5.56 Å². The van der Waals surface area contributed by atoms with Gasteiger partial charge in [-0.05, 0) is 49.0 Å². The maximum atomic E-state index is 6.22. The summed E-state index contributed by atoms with van der Waals surface area (Å²) in [7, 11) is 0. The molecule has 2 rings (SSSR count). The van der Waals surface area contributed by atoms with Gasteiger partial charge >= 0.3 is 0 Å². The topological polar surface area (TPSA) is 12.0 Å². The molecule has 1 nitrogen and oxygen atoms in total. The molecule has 1 N–H and O–H groups in total. The first-order chi connectivity index (χ1) is 7.18. The third kappa shape index (κ3) is 3.04. The Bertz CT molecular complexity index is 354. The zero-order valence-corrected chi connectivity index (χ0v) is 11.5. The molecule has 0 aliphatic carbocycles. The van der Waals surface area contributed by atoms with E-state index in [0.29, 0.717) is 16.9 Å². The lowest BCUT2D eigenvalue weighted by Crippen LogP contribution is -2.33. The minimum absolute atomic E-state index is 0. The Morgan fingerprint density at radius 1 is 1.31 bits per heavy atom. The minimum Gasteiger partial charge on any atom is -0.316 e. The monoisotopic (exact) mass is 279 g/mol. The highest BCUT2D eigenvalue weighted by Crippen LogP contribution is 2.35. The molecule has 0 unspecified atom stereocenters. The Balaban J connectivity index is 0.00000128. The molecule has 4 heteroatoms. The molecule has 1 saturated heterocycles. The third-order valence-corrected chi connectivity index (χ3v) is 3.71. The van der Waals surface area contributed by atoms with E-state index in [1.807, 2.05) is 12.1 Å². The fourth-order valence-electron chi connectivity index (χ4n) is 2.28. The quantitative estimate of drug-likeness (QED) is 0.816. The van der Waals surface area contributed by atoms with Crippen molar-refractivity contribution in [1.82, 2.24) is 5.32 Å².